The first-order valence-corrected chi connectivity index (χ1v) is 7.66. The Bertz CT molecular complexity index is 357. The van der Waals surface area contributed by atoms with Crippen LogP contribution >= 0.6 is 0 Å². The van der Waals surface area contributed by atoms with Crippen molar-refractivity contribution in [3.05, 3.63) is 0 Å². The fourth-order valence-electron chi connectivity index (χ4n) is 3.51. The van der Waals surface area contributed by atoms with Crippen LogP contribution in [0.4, 0.5) is 0 Å². The van der Waals surface area contributed by atoms with Gasteiger partial charge in [-0.1, -0.05) is 19.3 Å². The Hall–Kier alpha value is -1.10. The highest BCUT2D eigenvalue weighted by molar-refractivity contribution is 5.82. The van der Waals surface area contributed by atoms with E-state index in [-0.39, 0.29) is 18.4 Å². The molecule has 0 aromatic heterocycles. The number of carboxylic acid groups (broad SMARTS) is 1. The largest absolute Gasteiger partial charge is 0.481 e. The van der Waals surface area contributed by atoms with E-state index in [1.807, 2.05) is 0 Å². The third-order valence-corrected chi connectivity index (χ3v) is 4.76. The zero-order chi connectivity index (χ0) is 14.6. The van der Waals surface area contributed by atoms with Gasteiger partial charge in [0.05, 0.1) is 12.0 Å². The molecule has 1 saturated carbocycles. The molecule has 1 atom stereocenters. The van der Waals surface area contributed by atoms with Gasteiger partial charge in [0.1, 0.15) is 6.10 Å². The molecule has 2 aliphatic rings. The molecule has 1 N–H and O–H groups in total. The second-order valence-electron chi connectivity index (χ2n) is 6.11. The maximum absolute atomic E-state index is 12.6. The lowest BCUT2D eigenvalue weighted by Gasteiger charge is -2.45. The van der Waals surface area contributed by atoms with E-state index < -0.39 is 11.5 Å². The number of carbonyl (C=O) groups is 2. The molecule has 0 radical (unpaired) electrons. The van der Waals surface area contributed by atoms with Crippen LogP contribution in [0, 0.1) is 0 Å². The third-order valence-electron chi connectivity index (χ3n) is 4.76. The number of carbonyl (C=O) groups excluding carboxylic acids is 1. The molecule has 114 valence electrons. The van der Waals surface area contributed by atoms with Gasteiger partial charge in [-0.05, 0) is 32.1 Å². The maximum atomic E-state index is 12.6. The van der Waals surface area contributed by atoms with Crippen LogP contribution in [0.1, 0.15) is 57.8 Å². The fourth-order valence-corrected chi connectivity index (χ4v) is 3.51. The van der Waals surface area contributed by atoms with Gasteiger partial charge in [0.15, 0.2) is 0 Å². The second kappa shape index (κ2) is 6.57. The van der Waals surface area contributed by atoms with Gasteiger partial charge in [-0.2, -0.15) is 0 Å². The van der Waals surface area contributed by atoms with Gasteiger partial charge in [-0.15, -0.1) is 0 Å². The predicted octanol–water partition coefficient (Wildman–Crippen LogP) is 2.19. The molecular weight excluding hydrogens is 258 g/mol. The molecule has 5 nitrogen and oxygen atoms in total. The zero-order valence-electron chi connectivity index (χ0n) is 12.3. The number of likely N-dealkylation sites (N-methyl/N-ethyl adjacent to an activating group) is 1. The Morgan fingerprint density at radius 2 is 1.90 bits per heavy atom. The van der Waals surface area contributed by atoms with Gasteiger partial charge < -0.3 is 14.7 Å². The van der Waals surface area contributed by atoms with Crippen LogP contribution in [0.5, 0.6) is 0 Å². The number of hydrogen-bond donors (Lipinski definition) is 1. The quantitative estimate of drug-likeness (QED) is 0.859. The number of amides is 1. The van der Waals surface area contributed by atoms with Gasteiger partial charge in [0.25, 0.3) is 5.91 Å². The molecule has 1 amide bonds. The summed E-state index contributed by atoms with van der Waals surface area (Å²) in [5, 5.41) is 9.20. The summed E-state index contributed by atoms with van der Waals surface area (Å²) in [6, 6.07) is 0. The van der Waals surface area contributed by atoms with Crippen molar-refractivity contribution in [2.75, 3.05) is 13.7 Å². The summed E-state index contributed by atoms with van der Waals surface area (Å²) in [5.41, 5.74) is -0.512. The molecule has 2 fully saturated rings. The van der Waals surface area contributed by atoms with Crippen molar-refractivity contribution < 1.29 is 19.4 Å². The van der Waals surface area contributed by atoms with E-state index in [1.165, 1.54) is 0 Å². The van der Waals surface area contributed by atoms with Crippen molar-refractivity contribution >= 4 is 11.9 Å². The maximum Gasteiger partial charge on any atom is 0.305 e. The first-order chi connectivity index (χ1) is 9.55. The molecule has 1 unspecified atom stereocenters. The molecule has 1 heterocycles. The van der Waals surface area contributed by atoms with Crippen molar-refractivity contribution in [1.29, 1.82) is 0 Å². The van der Waals surface area contributed by atoms with E-state index in [0.717, 1.165) is 51.4 Å². The Labute approximate surface area is 120 Å². The van der Waals surface area contributed by atoms with Crippen molar-refractivity contribution in [2.24, 2.45) is 0 Å². The number of carboxylic acids is 1. The van der Waals surface area contributed by atoms with Crippen molar-refractivity contribution in [3.63, 3.8) is 0 Å². The van der Waals surface area contributed by atoms with Crippen molar-refractivity contribution in [1.82, 2.24) is 4.90 Å². The van der Waals surface area contributed by atoms with Crippen molar-refractivity contribution in [2.45, 2.75) is 69.4 Å². The number of nitrogens with zero attached hydrogens (tertiary/aromatic N) is 1. The summed E-state index contributed by atoms with van der Waals surface area (Å²) in [6.45, 7) is 0.635. The van der Waals surface area contributed by atoms with E-state index in [2.05, 4.69) is 0 Å². The number of aliphatic carboxylic acids is 1. The van der Waals surface area contributed by atoms with E-state index in [1.54, 1.807) is 11.9 Å². The molecule has 0 bridgehead atoms. The highest BCUT2D eigenvalue weighted by Gasteiger charge is 2.42. The monoisotopic (exact) mass is 283 g/mol. The van der Waals surface area contributed by atoms with Crippen LogP contribution in [0.3, 0.4) is 0 Å². The molecule has 1 aliphatic carbocycles. The lowest BCUT2D eigenvalue weighted by atomic mass is 9.77. The van der Waals surface area contributed by atoms with Gasteiger partial charge in [-0.3, -0.25) is 9.59 Å². The van der Waals surface area contributed by atoms with Gasteiger partial charge in [-0.25, -0.2) is 0 Å². The fraction of sp³-hybridized carbons (Fsp3) is 0.867. The second-order valence-corrected chi connectivity index (χ2v) is 6.11. The van der Waals surface area contributed by atoms with E-state index in [4.69, 9.17) is 4.74 Å². The number of rotatable bonds is 4. The molecular formula is C15H25NO4. The van der Waals surface area contributed by atoms with Crippen LogP contribution in [-0.2, 0) is 14.3 Å². The average molecular weight is 283 g/mol. The summed E-state index contributed by atoms with van der Waals surface area (Å²) in [5.74, 6) is -0.857. The Kier molecular flexibility index (Phi) is 5.02. The number of hydrogen-bond acceptors (Lipinski definition) is 3. The smallest absolute Gasteiger partial charge is 0.305 e. The summed E-state index contributed by atoms with van der Waals surface area (Å²) in [7, 11) is 1.76. The normalized spacial score (nSPS) is 25.9. The average Bonchev–Trinajstić information content (AvgIpc) is 2.47. The molecule has 1 saturated heterocycles. The summed E-state index contributed by atoms with van der Waals surface area (Å²) in [4.78, 5) is 25.5. The van der Waals surface area contributed by atoms with Crippen molar-refractivity contribution in [3.8, 4) is 0 Å². The van der Waals surface area contributed by atoms with Gasteiger partial charge >= 0.3 is 5.97 Å². The molecule has 1 aliphatic heterocycles. The summed E-state index contributed by atoms with van der Waals surface area (Å²) < 4.78 is 5.56. The topological polar surface area (TPSA) is 66.8 Å². The summed E-state index contributed by atoms with van der Waals surface area (Å²) in [6.07, 6.45) is 7.14. The van der Waals surface area contributed by atoms with E-state index >= 15 is 0 Å². The Morgan fingerprint density at radius 3 is 2.45 bits per heavy atom. The van der Waals surface area contributed by atoms with Crippen LogP contribution in [0.2, 0.25) is 0 Å². The Morgan fingerprint density at radius 1 is 1.20 bits per heavy atom. The minimum Gasteiger partial charge on any atom is -0.481 e. The SMILES string of the molecule is CN(C(=O)C1CCCCO1)C1(CC(=O)O)CCCCC1. The highest BCUT2D eigenvalue weighted by Crippen LogP contribution is 2.36. The highest BCUT2D eigenvalue weighted by atomic mass is 16.5. The predicted molar refractivity (Wildman–Crippen MR) is 74.4 cm³/mol. The minimum absolute atomic E-state index is 0.0344. The zero-order valence-corrected chi connectivity index (χ0v) is 12.3. The molecule has 0 aromatic rings. The van der Waals surface area contributed by atoms with E-state index in [9.17, 15) is 14.7 Å². The van der Waals surface area contributed by atoms with Gasteiger partial charge in [0.2, 0.25) is 0 Å². The lowest BCUT2D eigenvalue weighted by Crippen LogP contribution is -2.55. The molecule has 20 heavy (non-hydrogen) atoms. The first kappa shape index (κ1) is 15.3. The van der Waals surface area contributed by atoms with Gasteiger partial charge in [0, 0.05) is 13.7 Å². The summed E-state index contributed by atoms with van der Waals surface area (Å²) >= 11 is 0. The van der Waals surface area contributed by atoms with Crippen LogP contribution < -0.4 is 0 Å². The minimum atomic E-state index is -0.823. The van der Waals surface area contributed by atoms with Crippen LogP contribution in [-0.4, -0.2) is 47.2 Å². The lowest BCUT2D eigenvalue weighted by molar-refractivity contribution is -0.155. The van der Waals surface area contributed by atoms with Crippen LogP contribution in [0.25, 0.3) is 0 Å². The molecule has 0 spiro atoms. The number of ether oxygens (including phenoxy) is 1. The molecule has 2 rings (SSSR count). The molecule has 0 aromatic carbocycles. The molecule has 5 heteroatoms. The van der Waals surface area contributed by atoms with Crippen LogP contribution in [0.15, 0.2) is 0 Å². The Balaban J connectivity index is 2.10. The first-order valence-electron chi connectivity index (χ1n) is 7.66. The standard InChI is InChI=1S/C15H25NO4/c1-16(14(19)12-7-3-6-10-20-12)15(11-13(17)18)8-4-2-5-9-15/h12H,2-11H2,1H3,(H,17,18). The third kappa shape index (κ3) is 3.32. The van der Waals surface area contributed by atoms with E-state index in [0.29, 0.717) is 6.61 Å².